The Bertz CT molecular complexity index is 1260. The van der Waals surface area contributed by atoms with Crippen molar-refractivity contribution >= 4 is 38.9 Å². The van der Waals surface area contributed by atoms with Gasteiger partial charge in [0.2, 0.25) is 0 Å². The second kappa shape index (κ2) is 14.5. The van der Waals surface area contributed by atoms with Crippen LogP contribution in [0.4, 0.5) is 4.79 Å². The number of carbonyl (C=O) groups excluding carboxylic acids is 2. The molecule has 2 aliphatic rings. The molecule has 1 unspecified atom stereocenters. The second-order valence-corrected chi connectivity index (χ2v) is 21.3. The minimum atomic E-state index is -2.38. The molecule has 2 heterocycles. The fourth-order valence-corrected chi connectivity index (χ4v) is 12.0. The van der Waals surface area contributed by atoms with E-state index in [-0.39, 0.29) is 6.42 Å². The summed E-state index contributed by atoms with van der Waals surface area (Å²) in [6.07, 6.45) is 0.258. The van der Waals surface area contributed by atoms with E-state index in [9.17, 15) is 19.5 Å². The van der Waals surface area contributed by atoms with Crippen LogP contribution in [0.3, 0.4) is 0 Å². The number of carboxylic acids is 1. The van der Waals surface area contributed by atoms with Gasteiger partial charge >= 0.3 is 19.2 Å². The van der Waals surface area contributed by atoms with E-state index < -0.39 is 62.3 Å². The SMILES string of the molecule is CC(C)[Si](Oc1cc(CC(NC(=O)OC(C)(C)C)C(=O)N2CCC[C@@H](C(=O)O)N2)cc(B2OC(C)(C)C(C)(C)O2)c1)(C(C)C)C(C)C. The molecular weight excluding hydrogens is 617 g/mol. The summed E-state index contributed by atoms with van der Waals surface area (Å²) in [5, 5.41) is 13.7. The minimum Gasteiger partial charge on any atom is -0.543 e. The lowest BCUT2D eigenvalue weighted by Gasteiger charge is -2.42. The van der Waals surface area contributed by atoms with E-state index in [1.807, 2.05) is 45.9 Å². The Morgan fingerprint density at radius 2 is 1.57 bits per heavy atom. The highest BCUT2D eigenvalue weighted by Gasteiger charge is 2.52. The third kappa shape index (κ3) is 9.10. The number of carboxylic acid groups (broad SMARTS) is 1. The number of hydrazine groups is 1. The van der Waals surface area contributed by atoms with Crippen molar-refractivity contribution in [2.75, 3.05) is 6.54 Å². The number of hydrogen-bond donors (Lipinski definition) is 3. The largest absolute Gasteiger partial charge is 0.543 e. The van der Waals surface area contributed by atoms with Gasteiger partial charge in [0.1, 0.15) is 23.4 Å². The molecule has 3 N–H and O–H groups in total. The number of hydrogen-bond acceptors (Lipinski definition) is 8. The van der Waals surface area contributed by atoms with Crippen LogP contribution in [-0.2, 0) is 30.1 Å². The highest BCUT2D eigenvalue weighted by molar-refractivity contribution is 6.78. The number of nitrogens with zero attached hydrogens (tertiary/aromatic N) is 1. The van der Waals surface area contributed by atoms with Crippen molar-refractivity contribution in [3.05, 3.63) is 23.8 Å². The molecule has 11 nitrogen and oxygen atoms in total. The molecule has 264 valence electrons. The van der Waals surface area contributed by atoms with Crippen LogP contribution in [0.1, 0.15) is 108 Å². The first-order valence-corrected chi connectivity index (χ1v) is 19.1. The number of rotatable bonds is 11. The average Bonchev–Trinajstić information content (AvgIpc) is 3.15. The van der Waals surface area contributed by atoms with Gasteiger partial charge in [-0.3, -0.25) is 14.6 Å². The maximum atomic E-state index is 14.0. The third-order valence-corrected chi connectivity index (χ3v) is 15.7. The van der Waals surface area contributed by atoms with Crippen molar-refractivity contribution in [3.8, 4) is 5.75 Å². The monoisotopic (exact) mass is 675 g/mol. The zero-order valence-corrected chi connectivity index (χ0v) is 31.8. The molecule has 0 bridgehead atoms. The molecule has 0 spiro atoms. The van der Waals surface area contributed by atoms with Crippen LogP contribution >= 0.6 is 0 Å². The van der Waals surface area contributed by atoms with E-state index in [0.717, 1.165) is 11.0 Å². The predicted octanol–water partition coefficient (Wildman–Crippen LogP) is 5.56. The van der Waals surface area contributed by atoms with Crippen LogP contribution in [0, 0.1) is 0 Å². The molecule has 2 amide bonds. The van der Waals surface area contributed by atoms with E-state index >= 15 is 0 Å². The van der Waals surface area contributed by atoms with Gasteiger partial charge in [-0.05, 0) is 101 Å². The maximum absolute atomic E-state index is 14.0. The number of amides is 2. The van der Waals surface area contributed by atoms with Crippen LogP contribution in [0.15, 0.2) is 18.2 Å². The van der Waals surface area contributed by atoms with Gasteiger partial charge in [-0.25, -0.2) is 10.2 Å². The summed E-state index contributed by atoms with van der Waals surface area (Å²) in [5.41, 5.74) is 3.34. The normalized spacial score (nSPS) is 20.5. The van der Waals surface area contributed by atoms with Gasteiger partial charge in [0, 0.05) is 13.0 Å². The lowest BCUT2D eigenvalue weighted by Crippen LogP contribution is -2.60. The van der Waals surface area contributed by atoms with Gasteiger partial charge in [-0.1, -0.05) is 47.6 Å². The number of benzene rings is 1. The zero-order valence-electron chi connectivity index (χ0n) is 30.8. The highest BCUT2D eigenvalue weighted by Crippen LogP contribution is 2.43. The molecule has 2 saturated heterocycles. The summed E-state index contributed by atoms with van der Waals surface area (Å²) in [7, 11) is -3.06. The van der Waals surface area contributed by atoms with Crippen molar-refractivity contribution in [1.82, 2.24) is 15.8 Å². The topological polar surface area (TPSA) is 136 Å². The molecule has 2 atom stereocenters. The lowest BCUT2D eigenvalue weighted by molar-refractivity contribution is -0.147. The standard InChI is InChI=1S/C34H58BN3O8Si/c1-21(2)47(22(3)4,23(5)6)44-26-18-24(17-25(20-26)35-45-33(10,11)34(12,13)46-35)19-28(36-31(42)43-32(7,8)9)29(39)38-16-14-15-27(37-38)30(40)41/h17-18,20-23,27-28,37H,14-16,19H2,1-13H3,(H,36,42)(H,40,41)/t27-,28?/m0/s1. The summed E-state index contributed by atoms with van der Waals surface area (Å²) in [5.74, 6) is -0.828. The van der Waals surface area contributed by atoms with Crippen LogP contribution in [0.5, 0.6) is 5.75 Å². The third-order valence-electron chi connectivity index (χ3n) is 9.69. The molecule has 2 aliphatic heterocycles. The number of ether oxygens (including phenoxy) is 1. The summed E-state index contributed by atoms with van der Waals surface area (Å²) in [6, 6.07) is 3.88. The first kappa shape index (κ1) is 38.8. The molecule has 47 heavy (non-hydrogen) atoms. The minimum absolute atomic E-state index is 0.0945. The Morgan fingerprint density at radius 3 is 2.06 bits per heavy atom. The van der Waals surface area contributed by atoms with Crippen molar-refractivity contribution in [2.45, 2.75) is 155 Å². The summed E-state index contributed by atoms with van der Waals surface area (Å²) < 4.78 is 25.5. The molecule has 1 aromatic carbocycles. The Balaban J connectivity index is 2.10. The zero-order chi connectivity index (χ0) is 35.7. The van der Waals surface area contributed by atoms with Crippen molar-refractivity contribution < 1.29 is 38.0 Å². The Hall–Kier alpha value is -2.61. The van der Waals surface area contributed by atoms with E-state index in [2.05, 4.69) is 52.3 Å². The highest BCUT2D eigenvalue weighted by atomic mass is 28.4. The van der Waals surface area contributed by atoms with E-state index in [4.69, 9.17) is 18.5 Å². The second-order valence-electron chi connectivity index (χ2n) is 16.0. The van der Waals surface area contributed by atoms with Crippen LogP contribution in [0.2, 0.25) is 16.6 Å². The summed E-state index contributed by atoms with van der Waals surface area (Å²) in [4.78, 5) is 38.8. The molecule has 13 heteroatoms. The Kier molecular flexibility index (Phi) is 12.0. The van der Waals surface area contributed by atoms with Gasteiger partial charge in [0.05, 0.1) is 11.2 Å². The summed E-state index contributed by atoms with van der Waals surface area (Å²) in [6.45, 7) is 26.9. The van der Waals surface area contributed by atoms with Gasteiger partial charge in [-0.2, -0.15) is 0 Å². The molecule has 2 fully saturated rings. The van der Waals surface area contributed by atoms with Crippen molar-refractivity contribution in [1.29, 1.82) is 0 Å². The molecular formula is C34H58BN3O8Si. The molecule has 0 saturated carbocycles. The number of alkyl carbamates (subject to hydrolysis) is 1. The van der Waals surface area contributed by atoms with Crippen molar-refractivity contribution in [2.24, 2.45) is 0 Å². The smallest absolute Gasteiger partial charge is 0.494 e. The molecule has 1 aromatic rings. The van der Waals surface area contributed by atoms with Crippen molar-refractivity contribution in [3.63, 3.8) is 0 Å². The van der Waals surface area contributed by atoms with E-state index in [0.29, 0.717) is 41.8 Å². The van der Waals surface area contributed by atoms with Gasteiger partial charge in [-0.15, -0.1) is 0 Å². The lowest BCUT2D eigenvalue weighted by atomic mass is 9.78. The van der Waals surface area contributed by atoms with E-state index in [1.165, 1.54) is 5.01 Å². The Labute approximate surface area is 283 Å². The quantitative estimate of drug-likeness (QED) is 0.258. The fraction of sp³-hybridized carbons (Fsp3) is 0.735. The maximum Gasteiger partial charge on any atom is 0.494 e. The van der Waals surface area contributed by atoms with E-state index in [1.54, 1.807) is 20.8 Å². The predicted molar refractivity (Wildman–Crippen MR) is 186 cm³/mol. The first-order valence-electron chi connectivity index (χ1n) is 17.0. The molecule has 0 radical (unpaired) electrons. The molecule has 0 aliphatic carbocycles. The number of aliphatic carboxylic acids is 1. The fourth-order valence-electron chi connectivity index (χ4n) is 6.73. The first-order chi connectivity index (χ1) is 21.5. The number of carbonyl (C=O) groups is 3. The van der Waals surface area contributed by atoms with Gasteiger partial charge in [0.25, 0.3) is 14.2 Å². The van der Waals surface area contributed by atoms with Crippen LogP contribution in [0.25, 0.3) is 0 Å². The van der Waals surface area contributed by atoms with Crippen LogP contribution in [-0.4, -0.2) is 79.0 Å². The average molecular weight is 676 g/mol. The molecule has 0 aromatic heterocycles. The van der Waals surface area contributed by atoms with Gasteiger partial charge in [0.15, 0.2) is 0 Å². The molecule has 3 rings (SSSR count). The van der Waals surface area contributed by atoms with Gasteiger partial charge < -0.3 is 28.9 Å². The van der Waals surface area contributed by atoms with Crippen LogP contribution < -0.4 is 20.6 Å². The summed E-state index contributed by atoms with van der Waals surface area (Å²) >= 11 is 0. The Morgan fingerprint density at radius 1 is 1.02 bits per heavy atom. The number of nitrogens with one attached hydrogen (secondary N) is 2.